The summed E-state index contributed by atoms with van der Waals surface area (Å²) in [4.78, 5) is 5.14. The first kappa shape index (κ1) is 28.3. The molecule has 8 aromatic carbocycles. The van der Waals surface area contributed by atoms with Crippen molar-refractivity contribution in [2.24, 2.45) is 0 Å². The van der Waals surface area contributed by atoms with Crippen LogP contribution in [0.4, 0.5) is 0 Å². The number of aryl methyl sites for hydroxylation is 1. The van der Waals surface area contributed by atoms with Crippen molar-refractivity contribution in [2.45, 2.75) is 13.3 Å². The van der Waals surface area contributed by atoms with Gasteiger partial charge in [-0.05, 0) is 73.3 Å². The predicted molar refractivity (Wildman–Crippen MR) is 207 cm³/mol. The van der Waals surface area contributed by atoms with Crippen LogP contribution in [0.15, 0.2) is 158 Å². The van der Waals surface area contributed by atoms with E-state index in [0.29, 0.717) is 0 Å². The average molecular weight is 647 g/mol. The number of fused-ring (bicyclic) bond motifs is 5. The molecule has 49 heavy (non-hydrogen) atoms. The SMILES string of the molecule is CCc1nc2cccc3c2n1-c1c(-c2c4ccccc4c(-c4ccc5ccccc5c4)c4ccccc24)cccc1P3(=O)c1ccccc1. The summed E-state index contributed by atoms with van der Waals surface area (Å²) in [7, 11) is -3.27. The van der Waals surface area contributed by atoms with E-state index in [-0.39, 0.29) is 0 Å². The van der Waals surface area contributed by atoms with Crippen LogP contribution < -0.4 is 15.9 Å². The lowest BCUT2D eigenvalue weighted by molar-refractivity contribution is 0.592. The molecule has 10 rings (SSSR count). The molecule has 0 radical (unpaired) electrons. The highest BCUT2D eigenvalue weighted by molar-refractivity contribution is 7.86. The van der Waals surface area contributed by atoms with E-state index in [1.165, 1.54) is 43.4 Å². The van der Waals surface area contributed by atoms with Gasteiger partial charge in [0.1, 0.15) is 5.82 Å². The molecule has 0 amide bonds. The molecular weight excluding hydrogens is 615 g/mol. The Balaban J connectivity index is 1.37. The Kier molecular flexibility index (Phi) is 6.13. The number of hydrogen-bond donors (Lipinski definition) is 0. The normalized spacial score (nSPS) is 15.3. The van der Waals surface area contributed by atoms with Crippen LogP contribution in [0.5, 0.6) is 0 Å². The second-order valence-corrected chi connectivity index (χ2v) is 15.6. The summed E-state index contributed by atoms with van der Waals surface area (Å²) in [5.41, 5.74) is 7.44. The zero-order chi connectivity index (χ0) is 32.7. The van der Waals surface area contributed by atoms with Crippen LogP contribution in [0.2, 0.25) is 0 Å². The zero-order valence-electron chi connectivity index (χ0n) is 27.0. The fourth-order valence-corrected chi connectivity index (χ4v) is 11.3. The van der Waals surface area contributed by atoms with Gasteiger partial charge in [-0.2, -0.15) is 0 Å². The third kappa shape index (κ3) is 3.91. The minimum absolute atomic E-state index is 0.750. The van der Waals surface area contributed by atoms with E-state index >= 15 is 4.57 Å². The van der Waals surface area contributed by atoms with Gasteiger partial charge in [0, 0.05) is 27.9 Å². The van der Waals surface area contributed by atoms with Gasteiger partial charge in [0.2, 0.25) is 0 Å². The van der Waals surface area contributed by atoms with E-state index < -0.39 is 7.14 Å². The minimum Gasteiger partial charge on any atom is -0.308 e. The van der Waals surface area contributed by atoms with Crippen LogP contribution in [0.25, 0.3) is 71.3 Å². The van der Waals surface area contributed by atoms with Crippen LogP contribution >= 0.6 is 7.14 Å². The van der Waals surface area contributed by atoms with Gasteiger partial charge in [0.05, 0.1) is 16.7 Å². The van der Waals surface area contributed by atoms with E-state index in [1.807, 2.05) is 42.5 Å². The summed E-state index contributed by atoms with van der Waals surface area (Å²) < 4.78 is 18.3. The van der Waals surface area contributed by atoms with Gasteiger partial charge in [-0.3, -0.25) is 4.57 Å². The van der Waals surface area contributed by atoms with Crippen LogP contribution in [0, 0.1) is 0 Å². The molecule has 0 bridgehead atoms. The second-order valence-electron chi connectivity index (χ2n) is 12.9. The van der Waals surface area contributed by atoms with E-state index in [9.17, 15) is 0 Å². The van der Waals surface area contributed by atoms with Crippen molar-refractivity contribution in [1.29, 1.82) is 0 Å². The molecule has 1 aliphatic rings. The fraction of sp³-hybridized carbons (Fsp3) is 0.0444. The molecule has 0 N–H and O–H groups in total. The number of rotatable bonds is 4. The fourth-order valence-electron chi connectivity index (χ4n) is 8.23. The summed E-state index contributed by atoms with van der Waals surface area (Å²) in [5.74, 6) is 0.969. The first-order valence-electron chi connectivity index (χ1n) is 16.9. The first-order chi connectivity index (χ1) is 24.2. The summed E-state index contributed by atoms with van der Waals surface area (Å²) >= 11 is 0. The van der Waals surface area contributed by atoms with Crippen molar-refractivity contribution in [3.05, 3.63) is 164 Å². The van der Waals surface area contributed by atoms with Crippen LogP contribution in [-0.4, -0.2) is 9.55 Å². The Hall–Kier alpha value is -5.76. The highest BCUT2D eigenvalue weighted by Gasteiger charge is 2.41. The molecule has 1 aliphatic heterocycles. The Morgan fingerprint density at radius 3 is 1.90 bits per heavy atom. The largest absolute Gasteiger partial charge is 0.308 e. The van der Waals surface area contributed by atoms with Crippen molar-refractivity contribution in [3.63, 3.8) is 0 Å². The number of aromatic nitrogens is 2. The summed E-state index contributed by atoms with van der Waals surface area (Å²) in [6.07, 6.45) is 0.750. The van der Waals surface area contributed by atoms with Gasteiger partial charge in [0.25, 0.3) is 0 Å². The Morgan fingerprint density at radius 1 is 0.571 bits per heavy atom. The van der Waals surface area contributed by atoms with Gasteiger partial charge in [-0.15, -0.1) is 0 Å². The van der Waals surface area contributed by atoms with E-state index in [2.05, 4.69) is 127 Å². The third-order valence-corrected chi connectivity index (χ3v) is 13.4. The lowest BCUT2D eigenvalue weighted by atomic mass is 9.85. The molecular formula is C45H31N2OP. The standard InChI is InChI=1S/C45H31N2OP/c1-2-41-46-38-23-13-25-40-45(38)47(41)44-37(22-12-24-39(44)49(40,48)32-16-4-3-5-17-32)43-35-20-10-8-18-33(35)42(34-19-9-11-21-36(34)43)31-27-26-29-14-6-7-15-30(29)28-31/h3-28H,2H2,1H3. The Bertz CT molecular complexity index is 2790. The number of para-hydroxylation sites is 2. The average Bonchev–Trinajstić information content (AvgIpc) is 3.55. The molecule has 4 heteroatoms. The highest BCUT2D eigenvalue weighted by atomic mass is 31.2. The molecule has 1 unspecified atom stereocenters. The molecule has 0 aliphatic carbocycles. The smallest absolute Gasteiger partial charge is 0.175 e. The molecule has 0 saturated carbocycles. The number of imidazole rings is 1. The number of hydrogen-bond acceptors (Lipinski definition) is 2. The van der Waals surface area contributed by atoms with Crippen molar-refractivity contribution < 1.29 is 4.57 Å². The summed E-state index contributed by atoms with van der Waals surface area (Å²) in [6.45, 7) is 2.15. The van der Waals surface area contributed by atoms with Gasteiger partial charge in [0.15, 0.2) is 7.14 Å². The molecule has 3 nitrogen and oxygen atoms in total. The molecule has 0 spiro atoms. The van der Waals surface area contributed by atoms with E-state index in [0.717, 1.165) is 56.0 Å². The number of benzene rings is 8. The highest BCUT2D eigenvalue weighted by Crippen LogP contribution is 2.53. The van der Waals surface area contributed by atoms with Gasteiger partial charge in [-0.25, -0.2) is 4.98 Å². The van der Waals surface area contributed by atoms with Crippen molar-refractivity contribution >= 4 is 66.4 Å². The van der Waals surface area contributed by atoms with Gasteiger partial charge in [-0.1, -0.05) is 140 Å². The molecule has 0 fully saturated rings. The maximum atomic E-state index is 16.0. The first-order valence-corrected chi connectivity index (χ1v) is 18.6. The van der Waals surface area contributed by atoms with Crippen LogP contribution in [-0.2, 0) is 11.0 Å². The van der Waals surface area contributed by atoms with Gasteiger partial charge < -0.3 is 4.57 Å². The molecule has 1 atom stereocenters. The van der Waals surface area contributed by atoms with Crippen molar-refractivity contribution in [3.8, 4) is 27.9 Å². The van der Waals surface area contributed by atoms with E-state index in [1.54, 1.807) is 0 Å². The summed E-state index contributed by atoms with van der Waals surface area (Å²) in [6, 6.07) is 55.4. The third-order valence-electron chi connectivity index (χ3n) is 10.3. The molecule has 232 valence electrons. The van der Waals surface area contributed by atoms with Crippen LogP contribution in [0.3, 0.4) is 0 Å². The molecule has 2 heterocycles. The lowest BCUT2D eigenvalue weighted by Crippen LogP contribution is -2.33. The summed E-state index contributed by atoms with van der Waals surface area (Å²) in [5, 5.41) is 9.73. The van der Waals surface area contributed by atoms with Crippen LogP contribution in [0.1, 0.15) is 12.7 Å². The van der Waals surface area contributed by atoms with Crippen molar-refractivity contribution in [1.82, 2.24) is 9.55 Å². The Labute approximate surface area is 284 Å². The zero-order valence-corrected chi connectivity index (χ0v) is 27.9. The number of nitrogens with zero attached hydrogens (tertiary/aromatic N) is 2. The van der Waals surface area contributed by atoms with Crippen molar-refractivity contribution in [2.75, 3.05) is 0 Å². The maximum Gasteiger partial charge on any atom is 0.175 e. The maximum absolute atomic E-state index is 16.0. The minimum atomic E-state index is -3.27. The quantitative estimate of drug-likeness (QED) is 0.141. The predicted octanol–water partition coefficient (Wildman–Crippen LogP) is 10.3. The molecule has 9 aromatic rings. The second kappa shape index (κ2) is 10.6. The molecule has 1 aromatic heterocycles. The Morgan fingerprint density at radius 2 is 1.18 bits per heavy atom. The van der Waals surface area contributed by atoms with Gasteiger partial charge >= 0.3 is 0 Å². The lowest BCUT2D eigenvalue weighted by Gasteiger charge is -2.31. The monoisotopic (exact) mass is 646 g/mol. The molecule has 0 saturated heterocycles. The van der Waals surface area contributed by atoms with E-state index in [4.69, 9.17) is 4.98 Å². The topological polar surface area (TPSA) is 34.9 Å².